The number of halogens is 1. The maximum Gasteiger partial charge on any atom is 0.305 e. The third kappa shape index (κ3) is 10.6. The van der Waals surface area contributed by atoms with Crippen molar-refractivity contribution in [2.24, 2.45) is 4.99 Å². The van der Waals surface area contributed by atoms with Gasteiger partial charge in [0.2, 0.25) is 0 Å². The number of ether oxygens (including phenoxy) is 1. The lowest BCUT2D eigenvalue weighted by molar-refractivity contribution is -0.143. The fourth-order valence-electron chi connectivity index (χ4n) is 2.44. The van der Waals surface area contributed by atoms with Gasteiger partial charge in [0.25, 0.3) is 0 Å². The van der Waals surface area contributed by atoms with Gasteiger partial charge in [0.05, 0.1) is 6.61 Å². The summed E-state index contributed by atoms with van der Waals surface area (Å²) >= 11 is 0. The molecule has 8 nitrogen and oxygen atoms in total. The van der Waals surface area contributed by atoms with E-state index in [0.717, 1.165) is 63.5 Å². The minimum absolute atomic E-state index is 0. The van der Waals surface area contributed by atoms with E-state index in [1.165, 1.54) is 0 Å². The molecule has 0 fully saturated rings. The highest BCUT2D eigenvalue weighted by atomic mass is 127. The number of rotatable bonds is 12. The molecule has 0 aromatic carbocycles. The Morgan fingerprint density at radius 1 is 1.19 bits per heavy atom. The summed E-state index contributed by atoms with van der Waals surface area (Å²) in [5, 5.41) is 14.6. The number of carbonyl (C=O) groups is 1. The van der Waals surface area contributed by atoms with Crippen LogP contribution in [-0.4, -0.2) is 53.4 Å². The molecule has 0 amide bonds. The molecule has 0 aliphatic carbocycles. The predicted octanol–water partition coefficient (Wildman–Crippen LogP) is 2.14. The first-order valence-corrected chi connectivity index (χ1v) is 9.18. The van der Waals surface area contributed by atoms with Crippen molar-refractivity contribution in [3.05, 3.63) is 12.2 Å². The van der Waals surface area contributed by atoms with Crippen molar-refractivity contribution in [1.82, 2.24) is 25.4 Å². The Kier molecular flexibility index (Phi) is 15.0. The summed E-state index contributed by atoms with van der Waals surface area (Å²) in [6.07, 6.45) is 7.23. The number of guanidine groups is 1. The molecular weight excluding hydrogens is 447 g/mol. The molecule has 0 spiro atoms. The Morgan fingerprint density at radius 2 is 1.92 bits per heavy atom. The molecule has 9 heteroatoms. The van der Waals surface area contributed by atoms with Crippen LogP contribution in [0, 0.1) is 0 Å². The minimum atomic E-state index is -0.0930. The van der Waals surface area contributed by atoms with Gasteiger partial charge in [0.1, 0.15) is 12.2 Å². The van der Waals surface area contributed by atoms with Crippen molar-refractivity contribution >= 4 is 35.9 Å². The second kappa shape index (κ2) is 15.8. The number of aliphatic imine (C=N–C) groups is 1. The van der Waals surface area contributed by atoms with E-state index >= 15 is 0 Å². The van der Waals surface area contributed by atoms with Gasteiger partial charge in [-0.25, -0.2) is 0 Å². The number of nitrogens with zero attached hydrogens (tertiary/aromatic N) is 4. The van der Waals surface area contributed by atoms with Gasteiger partial charge in [-0.1, -0.05) is 19.8 Å². The summed E-state index contributed by atoms with van der Waals surface area (Å²) in [5.74, 6) is 1.70. The molecule has 1 rings (SSSR count). The Bertz CT molecular complexity index is 521. The molecule has 1 aromatic heterocycles. The molecule has 0 aliphatic heterocycles. The van der Waals surface area contributed by atoms with Gasteiger partial charge in [-0.05, 0) is 19.8 Å². The van der Waals surface area contributed by atoms with Crippen LogP contribution in [0.2, 0.25) is 0 Å². The average Bonchev–Trinajstić information content (AvgIpc) is 3.07. The zero-order chi connectivity index (χ0) is 18.3. The zero-order valence-electron chi connectivity index (χ0n) is 16.2. The molecule has 2 N–H and O–H groups in total. The van der Waals surface area contributed by atoms with E-state index in [2.05, 4.69) is 32.7 Å². The molecule has 26 heavy (non-hydrogen) atoms. The van der Waals surface area contributed by atoms with E-state index in [9.17, 15) is 4.79 Å². The van der Waals surface area contributed by atoms with E-state index < -0.39 is 0 Å². The first kappa shape index (κ1) is 24.6. The normalized spacial score (nSPS) is 11.0. The molecule has 1 heterocycles. The highest BCUT2D eigenvalue weighted by molar-refractivity contribution is 14.0. The van der Waals surface area contributed by atoms with Crippen molar-refractivity contribution in [2.45, 2.75) is 58.9 Å². The number of carbonyl (C=O) groups excluding carboxylic acids is 1. The number of esters is 1. The smallest absolute Gasteiger partial charge is 0.305 e. The van der Waals surface area contributed by atoms with Gasteiger partial charge < -0.3 is 19.9 Å². The standard InChI is InChI=1S/C17H32N6O2.HI/c1-4-15-22-21-14-23(15)13-12-20-17(18-3)19-11-9-7-6-8-10-16(24)25-5-2;/h14H,4-13H2,1-3H3,(H2,18,19,20);1H. The van der Waals surface area contributed by atoms with Gasteiger partial charge in [-0.15, -0.1) is 34.2 Å². The van der Waals surface area contributed by atoms with E-state index in [1.807, 2.05) is 11.5 Å². The predicted molar refractivity (Wildman–Crippen MR) is 114 cm³/mol. The first-order chi connectivity index (χ1) is 12.2. The fourth-order valence-corrected chi connectivity index (χ4v) is 2.44. The minimum Gasteiger partial charge on any atom is -0.466 e. The van der Waals surface area contributed by atoms with Crippen LogP contribution in [0.15, 0.2) is 11.3 Å². The van der Waals surface area contributed by atoms with Gasteiger partial charge in [0.15, 0.2) is 5.96 Å². The van der Waals surface area contributed by atoms with Gasteiger partial charge in [0, 0.05) is 39.5 Å². The summed E-state index contributed by atoms with van der Waals surface area (Å²) in [4.78, 5) is 15.4. The highest BCUT2D eigenvalue weighted by Crippen LogP contribution is 2.03. The van der Waals surface area contributed by atoms with Crippen molar-refractivity contribution in [1.29, 1.82) is 0 Å². The van der Waals surface area contributed by atoms with E-state index in [4.69, 9.17) is 4.74 Å². The molecular formula is C17H33IN6O2. The van der Waals surface area contributed by atoms with Gasteiger partial charge in [-0.3, -0.25) is 9.79 Å². The largest absolute Gasteiger partial charge is 0.466 e. The third-order valence-electron chi connectivity index (χ3n) is 3.79. The summed E-state index contributed by atoms with van der Waals surface area (Å²) < 4.78 is 6.96. The van der Waals surface area contributed by atoms with E-state index in [1.54, 1.807) is 13.4 Å². The molecule has 150 valence electrons. The first-order valence-electron chi connectivity index (χ1n) is 9.18. The van der Waals surface area contributed by atoms with Crippen molar-refractivity contribution in [3.8, 4) is 0 Å². The van der Waals surface area contributed by atoms with Crippen molar-refractivity contribution in [3.63, 3.8) is 0 Å². The van der Waals surface area contributed by atoms with Crippen LogP contribution < -0.4 is 10.6 Å². The number of aryl methyl sites for hydroxylation is 1. The Labute approximate surface area is 173 Å². The second-order valence-corrected chi connectivity index (χ2v) is 5.69. The SMILES string of the molecule is CCOC(=O)CCCCCCNC(=NC)NCCn1cnnc1CC.I. The molecule has 0 bridgehead atoms. The Morgan fingerprint density at radius 3 is 2.62 bits per heavy atom. The number of unbranched alkanes of at least 4 members (excludes halogenated alkanes) is 3. The molecule has 0 saturated carbocycles. The van der Waals surface area contributed by atoms with Crippen LogP contribution >= 0.6 is 24.0 Å². The fraction of sp³-hybridized carbons (Fsp3) is 0.765. The highest BCUT2D eigenvalue weighted by Gasteiger charge is 2.03. The van der Waals surface area contributed by atoms with Crippen LogP contribution in [-0.2, 0) is 22.5 Å². The summed E-state index contributed by atoms with van der Waals surface area (Å²) in [6, 6.07) is 0. The van der Waals surface area contributed by atoms with Gasteiger partial charge in [-0.2, -0.15) is 0 Å². The quantitative estimate of drug-likeness (QED) is 0.157. The molecule has 0 aliphatic rings. The van der Waals surface area contributed by atoms with Gasteiger partial charge >= 0.3 is 5.97 Å². The third-order valence-corrected chi connectivity index (χ3v) is 3.79. The number of aromatic nitrogens is 3. The van der Waals surface area contributed by atoms with E-state index in [-0.39, 0.29) is 29.9 Å². The monoisotopic (exact) mass is 480 g/mol. The lowest BCUT2D eigenvalue weighted by Gasteiger charge is -2.12. The lowest BCUT2D eigenvalue weighted by Crippen LogP contribution is -2.39. The van der Waals surface area contributed by atoms with Crippen LogP contribution in [0.1, 0.15) is 51.8 Å². The average molecular weight is 480 g/mol. The molecule has 0 atom stereocenters. The zero-order valence-corrected chi connectivity index (χ0v) is 18.5. The summed E-state index contributed by atoms with van der Waals surface area (Å²) in [5.41, 5.74) is 0. The Balaban J connectivity index is 0.00000625. The van der Waals surface area contributed by atoms with Crippen LogP contribution in [0.3, 0.4) is 0 Å². The number of hydrogen-bond donors (Lipinski definition) is 2. The van der Waals surface area contributed by atoms with Crippen LogP contribution in [0.5, 0.6) is 0 Å². The van der Waals surface area contributed by atoms with Crippen LogP contribution in [0.4, 0.5) is 0 Å². The summed E-state index contributed by atoms with van der Waals surface area (Å²) in [7, 11) is 1.77. The molecule has 0 saturated heterocycles. The second-order valence-electron chi connectivity index (χ2n) is 5.69. The lowest BCUT2D eigenvalue weighted by atomic mass is 10.1. The maximum absolute atomic E-state index is 11.2. The Hall–Kier alpha value is -1.39. The molecule has 1 aromatic rings. The van der Waals surface area contributed by atoms with E-state index in [0.29, 0.717) is 13.0 Å². The molecule has 0 unspecified atom stereocenters. The van der Waals surface area contributed by atoms with Crippen molar-refractivity contribution < 1.29 is 9.53 Å². The molecule has 0 radical (unpaired) electrons. The topological polar surface area (TPSA) is 93.4 Å². The number of hydrogen-bond acceptors (Lipinski definition) is 5. The number of nitrogens with one attached hydrogen (secondary N) is 2. The maximum atomic E-state index is 11.2. The summed E-state index contributed by atoms with van der Waals surface area (Å²) in [6.45, 7) is 6.81. The van der Waals surface area contributed by atoms with Crippen LogP contribution in [0.25, 0.3) is 0 Å². The van der Waals surface area contributed by atoms with Crippen molar-refractivity contribution in [2.75, 3.05) is 26.7 Å².